The second-order valence-corrected chi connectivity index (χ2v) is 3.20. The molecule has 0 atom stereocenters. The van der Waals surface area contributed by atoms with E-state index in [0.29, 0.717) is 13.0 Å². The topological polar surface area (TPSA) is 53.6 Å². The fourth-order valence-electron chi connectivity index (χ4n) is 1.28. The lowest BCUT2D eigenvalue weighted by atomic mass is 10.4. The van der Waals surface area contributed by atoms with E-state index in [9.17, 15) is 8.78 Å². The van der Waals surface area contributed by atoms with E-state index in [2.05, 4.69) is 20.3 Å². The standard InChI is InChI=1S/C10H10F2N4/c11-7-5-8(12)10(16-6-7)15-2-1-9-13-3-4-14-9/h3-6H,1-2H2,(H,13,14)(H,15,16). The number of anilines is 1. The summed E-state index contributed by atoms with van der Waals surface area (Å²) in [5.74, 6) is -0.531. The van der Waals surface area contributed by atoms with Crippen LogP contribution in [0.15, 0.2) is 24.7 Å². The molecule has 0 unspecified atom stereocenters. The summed E-state index contributed by atoms with van der Waals surface area (Å²) < 4.78 is 25.7. The predicted molar refractivity (Wildman–Crippen MR) is 54.9 cm³/mol. The van der Waals surface area contributed by atoms with Crippen LogP contribution in [0, 0.1) is 11.6 Å². The maximum Gasteiger partial charge on any atom is 0.168 e. The molecule has 2 heterocycles. The van der Waals surface area contributed by atoms with Gasteiger partial charge in [0.1, 0.15) is 11.6 Å². The van der Waals surface area contributed by atoms with Gasteiger partial charge < -0.3 is 10.3 Å². The average Bonchev–Trinajstić information content (AvgIpc) is 2.74. The van der Waals surface area contributed by atoms with Gasteiger partial charge in [-0.15, -0.1) is 0 Å². The van der Waals surface area contributed by atoms with E-state index in [0.717, 1.165) is 18.1 Å². The number of hydrogen-bond acceptors (Lipinski definition) is 3. The van der Waals surface area contributed by atoms with Crippen molar-refractivity contribution in [2.45, 2.75) is 6.42 Å². The van der Waals surface area contributed by atoms with Crippen LogP contribution in [0.2, 0.25) is 0 Å². The van der Waals surface area contributed by atoms with Crippen molar-refractivity contribution in [1.82, 2.24) is 15.0 Å². The smallest absolute Gasteiger partial charge is 0.168 e. The molecule has 84 valence electrons. The Balaban J connectivity index is 1.90. The van der Waals surface area contributed by atoms with Gasteiger partial charge in [0.25, 0.3) is 0 Å². The number of aromatic nitrogens is 3. The highest BCUT2D eigenvalue weighted by molar-refractivity contribution is 5.35. The summed E-state index contributed by atoms with van der Waals surface area (Å²) in [4.78, 5) is 10.5. The van der Waals surface area contributed by atoms with Gasteiger partial charge in [-0.1, -0.05) is 0 Å². The monoisotopic (exact) mass is 224 g/mol. The van der Waals surface area contributed by atoms with Crippen LogP contribution in [0.3, 0.4) is 0 Å². The van der Waals surface area contributed by atoms with Crippen molar-refractivity contribution in [2.24, 2.45) is 0 Å². The minimum atomic E-state index is -0.695. The van der Waals surface area contributed by atoms with Crippen molar-refractivity contribution in [1.29, 1.82) is 0 Å². The molecule has 0 fully saturated rings. The van der Waals surface area contributed by atoms with Crippen LogP contribution in [0.25, 0.3) is 0 Å². The van der Waals surface area contributed by atoms with E-state index in [1.807, 2.05) is 0 Å². The number of halogens is 2. The van der Waals surface area contributed by atoms with Gasteiger partial charge in [-0.3, -0.25) is 0 Å². The summed E-state index contributed by atoms with van der Waals surface area (Å²) in [6.45, 7) is 0.475. The Bertz CT molecular complexity index is 456. The molecule has 0 saturated carbocycles. The van der Waals surface area contributed by atoms with Crippen molar-refractivity contribution in [3.63, 3.8) is 0 Å². The van der Waals surface area contributed by atoms with Crippen molar-refractivity contribution < 1.29 is 8.78 Å². The quantitative estimate of drug-likeness (QED) is 0.831. The lowest BCUT2D eigenvalue weighted by Gasteiger charge is -2.04. The molecule has 0 bridgehead atoms. The largest absolute Gasteiger partial charge is 0.367 e. The van der Waals surface area contributed by atoms with Crippen molar-refractivity contribution in [3.05, 3.63) is 42.1 Å². The van der Waals surface area contributed by atoms with E-state index in [4.69, 9.17) is 0 Å². The van der Waals surface area contributed by atoms with Gasteiger partial charge in [0.15, 0.2) is 11.6 Å². The molecule has 6 heteroatoms. The summed E-state index contributed by atoms with van der Waals surface area (Å²) in [6.07, 6.45) is 4.95. The second-order valence-electron chi connectivity index (χ2n) is 3.20. The first-order valence-electron chi connectivity index (χ1n) is 4.79. The number of aromatic amines is 1. The number of nitrogens with one attached hydrogen (secondary N) is 2. The van der Waals surface area contributed by atoms with E-state index in [-0.39, 0.29) is 5.82 Å². The van der Waals surface area contributed by atoms with Gasteiger partial charge in [-0.2, -0.15) is 0 Å². The number of hydrogen-bond donors (Lipinski definition) is 2. The Morgan fingerprint density at radius 1 is 1.31 bits per heavy atom. The van der Waals surface area contributed by atoms with E-state index < -0.39 is 11.6 Å². The molecule has 0 radical (unpaired) electrons. The fourth-order valence-corrected chi connectivity index (χ4v) is 1.28. The van der Waals surface area contributed by atoms with Crippen LogP contribution in [0.4, 0.5) is 14.6 Å². The summed E-state index contributed by atoms with van der Waals surface area (Å²) >= 11 is 0. The van der Waals surface area contributed by atoms with Crippen LogP contribution < -0.4 is 5.32 Å². The molecule has 2 aromatic heterocycles. The van der Waals surface area contributed by atoms with E-state index >= 15 is 0 Å². The third-order valence-corrected chi connectivity index (χ3v) is 2.02. The Morgan fingerprint density at radius 2 is 2.19 bits per heavy atom. The fraction of sp³-hybridized carbons (Fsp3) is 0.200. The maximum atomic E-state index is 13.1. The van der Waals surface area contributed by atoms with Crippen molar-refractivity contribution in [3.8, 4) is 0 Å². The lowest BCUT2D eigenvalue weighted by Crippen LogP contribution is -2.09. The summed E-state index contributed by atoms with van der Waals surface area (Å²) in [5, 5.41) is 2.77. The Morgan fingerprint density at radius 3 is 2.88 bits per heavy atom. The molecule has 0 aliphatic rings. The highest BCUT2D eigenvalue weighted by Gasteiger charge is 2.04. The van der Waals surface area contributed by atoms with Crippen molar-refractivity contribution >= 4 is 5.82 Å². The Kier molecular flexibility index (Phi) is 3.09. The highest BCUT2D eigenvalue weighted by atomic mass is 19.1. The van der Waals surface area contributed by atoms with Crippen LogP contribution in [0.1, 0.15) is 5.82 Å². The molecule has 2 N–H and O–H groups in total. The van der Waals surface area contributed by atoms with Crippen LogP contribution >= 0.6 is 0 Å². The molecule has 2 rings (SSSR count). The van der Waals surface area contributed by atoms with Gasteiger partial charge in [0.2, 0.25) is 0 Å². The molecular weight excluding hydrogens is 214 g/mol. The molecule has 4 nitrogen and oxygen atoms in total. The van der Waals surface area contributed by atoms with Crippen LogP contribution in [-0.4, -0.2) is 21.5 Å². The third kappa shape index (κ3) is 2.53. The van der Waals surface area contributed by atoms with E-state index in [1.165, 1.54) is 0 Å². The minimum Gasteiger partial charge on any atom is -0.367 e. The predicted octanol–water partition coefficient (Wildman–Crippen LogP) is 1.74. The average molecular weight is 224 g/mol. The molecule has 0 amide bonds. The number of pyridine rings is 1. The van der Waals surface area contributed by atoms with Gasteiger partial charge in [0.05, 0.1) is 6.20 Å². The lowest BCUT2D eigenvalue weighted by molar-refractivity contribution is 0.575. The Hall–Kier alpha value is -1.98. The van der Waals surface area contributed by atoms with Gasteiger partial charge in [-0.05, 0) is 0 Å². The molecular formula is C10H10F2N4. The first-order chi connectivity index (χ1) is 7.75. The zero-order valence-corrected chi connectivity index (χ0v) is 8.37. The molecule has 0 aromatic carbocycles. The normalized spacial score (nSPS) is 10.4. The zero-order chi connectivity index (χ0) is 11.4. The summed E-state index contributed by atoms with van der Waals surface area (Å²) in [7, 11) is 0. The first-order valence-corrected chi connectivity index (χ1v) is 4.79. The number of H-pyrrole nitrogens is 1. The van der Waals surface area contributed by atoms with Crippen LogP contribution in [-0.2, 0) is 6.42 Å². The molecule has 0 aliphatic carbocycles. The number of nitrogens with zero attached hydrogens (tertiary/aromatic N) is 2. The zero-order valence-electron chi connectivity index (χ0n) is 8.37. The van der Waals surface area contributed by atoms with Crippen LogP contribution in [0.5, 0.6) is 0 Å². The highest BCUT2D eigenvalue weighted by Crippen LogP contribution is 2.10. The summed E-state index contributed by atoms with van der Waals surface area (Å²) in [5.41, 5.74) is 0. The van der Waals surface area contributed by atoms with Gasteiger partial charge in [-0.25, -0.2) is 18.7 Å². The number of imidazole rings is 1. The molecule has 0 saturated heterocycles. The number of rotatable bonds is 4. The van der Waals surface area contributed by atoms with Gasteiger partial charge in [0, 0.05) is 31.4 Å². The molecule has 2 aromatic rings. The minimum absolute atomic E-state index is 0.0490. The maximum absolute atomic E-state index is 13.1. The second kappa shape index (κ2) is 4.69. The van der Waals surface area contributed by atoms with Gasteiger partial charge >= 0.3 is 0 Å². The summed E-state index contributed by atoms with van der Waals surface area (Å²) in [6, 6.07) is 0.794. The third-order valence-electron chi connectivity index (χ3n) is 2.02. The SMILES string of the molecule is Fc1cnc(NCCc2ncc[nH]2)c(F)c1. The molecule has 0 spiro atoms. The Labute approximate surface area is 90.7 Å². The van der Waals surface area contributed by atoms with Crippen molar-refractivity contribution in [2.75, 3.05) is 11.9 Å². The molecule has 0 aliphatic heterocycles. The molecule has 16 heavy (non-hydrogen) atoms. The first kappa shape index (κ1) is 10.5. The van der Waals surface area contributed by atoms with E-state index in [1.54, 1.807) is 12.4 Å².